The second kappa shape index (κ2) is 5.34. The monoisotopic (exact) mass is 235 g/mol. The minimum atomic E-state index is -0.951. The fraction of sp³-hybridized carbons (Fsp3) is 0.333. The molecule has 0 aromatic heterocycles. The highest BCUT2D eigenvalue weighted by atomic mass is 16.4. The molecular formula is C12H17N3O2. The van der Waals surface area contributed by atoms with E-state index in [4.69, 9.17) is 16.2 Å². The van der Waals surface area contributed by atoms with Crippen molar-refractivity contribution in [3.8, 4) is 0 Å². The van der Waals surface area contributed by atoms with Crippen LogP contribution in [-0.4, -0.2) is 28.0 Å². The minimum absolute atomic E-state index is 0.0155. The van der Waals surface area contributed by atoms with Crippen molar-refractivity contribution in [2.75, 3.05) is 0 Å². The Morgan fingerprint density at radius 2 is 2.18 bits per heavy atom. The smallest absolute Gasteiger partial charge is 0.407 e. The molecule has 17 heavy (non-hydrogen) atoms. The summed E-state index contributed by atoms with van der Waals surface area (Å²) in [5, 5.41) is 16.4. The van der Waals surface area contributed by atoms with Crippen molar-refractivity contribution in [3.05, 3.63) is 35.4 Å². The highest BCUT2D eigenvalue weighted by Crippen LogP contribution is 2.10. The van der Waals surface area contributed by atoms with Gasteiger partial charge in [-0.3, -0.25) is 5.41 Å². The van der Waals surface area contributed by atoms with Gasteiger partial charge in [0.2, 0.25) is 0 Å². The molecule has 0 unspecified atom stereocenters. The summed E-state index contributed by atoms with van der Waals surface area (Å²) >= 11 is 0. The van der Waals surface area contributed by atoms with E-state index in [9.17, 15) is 4.79 Å². The summed E-state index contributed by atoms with van der Waals surface area (Å²) in [7, 11) is 0. The van der Waals surface area contributed by atoms with Crippen molar-refractivity contribution >= 4 is 11.9 Å². The normalized spacial score (nSPS) is 10.3. The fourth-order valence-electron chi connectivity index (χ4n) is 1.50. The average molecular weight is 235 g/mol. The molecule has 1 amide bonds. The van der Waals surface area contributed by atoms with Gasteiger partial charge in [0, 0.05) is 18.2 Å². The highest BCUT2D eigenvalue weighted by molar-refractivity contribution is 5.95. The fourth-order valence-corrected chi connectivity index (χ4v) is 1.50. The van der Waals surface area contributed by atoms with E-state index in [1.54, 1.807) is 18.2 Å². The van der Waals surface area contributed by atoms with E-state index in [0.29, 0.717) is 12.1 Å². The Bertz CT molecular complexity index is 430. The third kappa shape index (κ3) is 3.48. The van der Waals surface area contributed by atoms with Crippen molar-refractivity contribution < 1.29 is 9.90 Å². The maximum absolute atomic E-state index is 11.0. The minimum Gasteiger partial charge on any atom is -0.465 e. The Labute approximate surface area is 100 Å². The van der Waals surface area contributed by atoms with Gasteiger partial charge < -0.3 is 15.7 Å². The van der Waals surface area contributed by atoms with Gasteiger partial charge in [-0.1, -0.05) is 18.2 Å². The van der Waals surface area contributed by atoms with Crippen LogP contribution in [0.1, 0.15) is 25.0 Å². The number of amidine groups is 1. The van der Waals surface area contributed by atoms with Gasteiger partial charge in [-0.15, -0.1) is 0 Å². The number of nitrogens with one attached hydrogen (secondary N) is 1. The molecular weight excluding hydrogens is 218 g/mol. The highest BCUT2D eigenvalue weighted by Gasteiger charge is 2.15. The Hall–Kier alpha value is -2.04. The predicted molar refractivity (Wildman–Crippen MR) is 66.2 cm³/mol. The van der Waals surface area contributed by atoms with E-state index in [0.717, 1.165) is 5.56 Å². The van der Waals surface area contributed by atoms with Crippen molar-refractivity contribution in [1.82, 2.24) is 4.90 Å². The van der Waals surface area contributed by atoms with Gasteiger partial charge in [-0.2, -0.15) is 0 Å². The standard InChI is InChI=1S/C12H17N3O2/c1-8(2)15(12(16)17)7-9-4-3-5-10(6-9)11(13)14/h3-6,8H,7H2,1-2H3,(H3,13,14)(H,16,17). The topological polar surface area (TPSA) is 90.4 Å². The number of hydrogen-bond donors (Lipinski definition) is 3. The summed E-state index contributed by atoms with van der Waals surface area (Å²) in [6.45, 7) is 3.94. The van der Waals surface area contributed by atoms with Gasteiger partial charge in [0.25, 0.3) is 0 Å². The summed E-state index contributed by atoms with van der Waals surface area (Å²) in [4.78, 5) is 12.4. The number of nitrogens with two attached hydrogens (primary N) is 1. The Balaban J connectivity index is 2.90. The lowest BCUT2D eigenvalue weighted by molar-refractivity contribution is 0.128. The molecule has 1 rings (SSSR count). The number of carbonyl (C=O) groups is 1. The van der Waals surface area contributed by atoms with Crippen LogP contribution < -0.4 is 5.73 Å². The van der Waals surface area contributed by atoms with E-state index in [1.807, 2.05) is 19.9 Å². The van der Waals surface area contributed by atoms with Crippen molar-refractivity contribution in [2.24, 2.45) is 5.73 Å². The first-order valence-electron chi connectivity index (χ1n) is 5.34. The van der Waals surface area contributed by atoms with Gasteiger partial charge in [0.1, 0.15) is 5.84 Å². The molecule has 5 nitrogen and oxygen atoms in total. The molecule has 0 saturated carbocycles. The summed E-state index contributed by atoms with van der Waals surface area (Å²) in [6, 6.07) is 6.97. The number of nitrogen functional groups attached to an aromatic ring is 1. The molecule has 4 N–H and O–H groups in total. The second-order valence-corrected chi connectivity index (χ2v) is 4.12. The quantitative estimate of drug-likeness (QED) is 0.549. The molecule has 0 atom stereocenters. The predicted octanol–water partition coefficient (Wildman–Crippen LogP) is 1.86. The third-order valence-corrected chi connectivity index (χ3v) is 2.46. The molecule has 0 aliphatic rings. The number of nitrogens with zero attached hydrogens (tertiary/aromatic N) is 1. The third-order valence-electron chi connectivity index (χ3n) is 2.46. The summed E-state index contributed by atoms with van der Waals surface area (Å²) in [6.07, 6.45) is -0.951. The lowest BCUT2D eigenvalue weighted by Gasteiger charge is -2.23. The zero-order valence-electron chi connectivity index (χ0n) is 9.97. The van der Waals surface area contributed by atoms with E-state index < -0.39 is 6.09 Å². The zero-order chi connectivity index (χ0) is 13.0. The molecule has 1 aromatic rings. The molecule has 0 heterocycles. The molecule has 0 fully saturated rings. The second-order valence-electron chi connectivity index (χ2n) is 4.12. The van der Waals surface area contributed by atoms with Crippen molar-refractivity contribution in [3.63, 3.8) is 0 Å². The zero-order valence-corrected chi connectivity index (χ0v) is 9.97. The Morgan fingerprint density at radius 1 is 1.53 bits per heavy atom. The molecule has 1 aromatic carbocycles. The molecule has 0 saturated heterocycles. The van der Waals surface area contributed by atoms with Gasteiger partial charge in [-0.25, -0.2) is 4.79 Å². The number of benzene rings is 1. The molecule has 0 aliphatic carbocycles. The van der Waals surface area contributed by atoms with Gasteiger partial charge in [0.05, 0.1) is 0 Å². The van der Waals surface area contributed by atoms with Crippen LogP contribution >= 0.6 is 0 Å². The van der Waals surface area contributed by atoms with E-state index >= 15 is 0 Å². The number of amides is 1. The van der Waals surface area contributed by atoms with Gasteiger partial charge in [0.15, 0.2) is 0 Å². The molecule has 0 bridgehead atoms. The lowest BCUT2D eigenvalue weighted by Crippen LogP contribution is -2.35. The maximum atomic E-state index is 11.0. The first-order valence-corrected chi connectivity index (χ1v) is 5.34. The molecule has 0 aliphatic heterocycles. The van der Waals surface area contributed by atoms with E-state index in [1.165, 1.54) is 4.90 Å². The van der Waals surface area contributed by atoms with Crippen molar-refractivity contribution in [1.29, 1.82) is 5.41 Å². The summed E-state index contributed by atoms with van der Waals surface area (Å²) in [5.74, 6) is -0.0155. The molecule has 92 valence electrons. The molecule has 0 spiro atoms. The van der Waals surface area contributed by atoms with Crippen LogP contribution in [0.15, 0.2) is 24.3 Å². The SMILES string of the molecule is CC(C)N(Cc1cccc(C(=N)N)c1)C(=O)O. The average Bonchev–Trinajstić information content (AvgIpc) is 2.25. The first kappa shape index (κ1) is 13.0. The van der Waals surface area contributed by atoms with Crippen LogP contribution in [0, 0.1) is 5.41 Å². The summed E-state index contributed by atoms with van der Waals surface area (Å²) in [5.41, 5.74) is 6.82. The van der Waals surface area contributed by atoms with Crippen molar-refractivity contribution in [2.45, 2.75) is 26.4 Å². The Morgan fingerprint density at radius 3 is 2.65 bits per heavy atom. The number of hydrogen-bond acceptors (Lipinski definition) is 2. The van der Waals surface area contributed by atoms with E-state index in [2.05, 4.69) is 0 Å². The Kier molecular flexibility index (Phi) is 4.09. The van der Waals surface area contributed by atoms with Crippen LogP contribution in [0.5, 0.6) is 0 Å². The van der Waals surface area contributed by atoms with Gasteiger partial charge >= 0.3 is 6.09 Å². The van der Waals surface area contributed by atoms with Crippen LogP contribution in [0.3, 0.4) is 0 Å². The number of rotatable bonds is 4. The largest absolute Gasteiger partial charge is 0.465 e. The van der Waals surface area contributed by atoms with Crippen LogP contribution in [-0.2, 0) is 6.54 Å². The van der Waals surface area contributed by atoms with Crippen LogP contribution in [0.2, 0.25) is 0 Å². The lowest BCUT2D eigenvalue weighted by atomic mass is 10.1. The van der Waals surface area contributed by atoms with Crippen LogP contribution in [0.4, 0.5) is 4.79 Å². The van der Waals surface area contributed by atoms with Crippen LogP contribution in [0.25, 0.3) is 0 Å². The summed E-state index contributed by atoms with van der Waals surface area (Å²) < 4.78 is 0. The maximum Gasteiger partial charge on any atom is 0.407 e. The van der Waals surface area contributed by atoms with Gasteiger partial charge in [-0.05, 0) is 25.5 Å². The first-order chi connectivity index (χ1) is 7.91. The number of carboxylic acid groups (broad SMARTS) is 1. The van der Waals surface area contributed by atoms with E-state index in [-0.39, 0.29) is 11.9 Å². The molecule has 5 heteroatoms. The molecule has 0 radical (unpaired) electrons.